The number of hydrogen-bond acceptors (Lipinski definition) is 5. The number of carboxylic acid groups (broad SMARTS) is 1. The first kappa shape index (κ1) is 15.9. The van der Waals surface area contributed by atoms with Crippen LogP contribution in [0.1, 0.15) is 12.8 Å². The van der Waals surface area contributed by atoms with E-state index in [1.807, 2.05) is 0 Å². The topological polar surface area (TPSA) is 102 Å². The maximum Gasteiger partial charge on any atom is 0.323 e. The summed E-state index contributed by atoms with van der Waals surface area (Å²) in [5, 5.41) is 8.90. The van der Waals surface area contributed by atoms with E-state index in [0.717, 1.165) is 0 Å². The van der Waals surface area contributed by atoms with Gasteiger partial charge in [-0.15, -0.1) is 0 Å². The highest BCUT2D eigenvalue weighted by Gasteiger charge is 2.41. The lowest BCUT2D eigenvalue weighted by Gasteiger charge is -2.38. The Balaban J connectivity index is 2.79. The van der Waals surface area contributed by atoms with Crippen molar-refractivity contribution in [3.8, 4) is 0 Å². The summed E-state index contributed by atoms with van der Waals surface area (Å²) in [5.74, 6) is -1.25. The molecule has 3 N–H and O–H groups in total. The van der Waals surface area contributed by atoms with Gasteiger partial charge in [0, 0.05) is 33.4 Å². The van der Waals surface area contributed by atoms with Gasteiger partial charge in [0.15, 0.2) is 0 Å². The van der Waals surface area contributed by atoms with Crippen LogP contribution in [0.3, 0.4) is 0 Å². The lowest BCUT2D eigenvalue weighted by atomic mass is 9.79. The molecule has 0 bridgehead atoms. The molecule has 0 radical (unpaired) electrons. The van der Waals surface area contributed by atoms with Gasteiger partial charge >= 0.3 is 5.97 Å². The average Bonchev–Trinajstić information content (AvgIpc) is 2.43. The first-order valence-corrected chi connectivity index (χ1v) is 6.33. The molecule has 1 fully saturated rings. The number of carbonyl (C=O) groups is 2. The molecule has 7 heteroatoms. The van der Waals surface area contributed by atoms with E-state index in [2.05, 4.69) is 0 Å². The highest BCUT2D eigenvalue weighted by Crippen LogP contribution is 2.31. The molecule has 0 spiro atoms. The van der Waals surface area contributed by atoms with Gasteiger partial charge in [-0.05, 0) is 12.8 Å². The van der Waals surface area contributed by atoms with Crippen molar-refractivity contribution in [2.75, 3.05) is 46.6 Å². The molecule has 0 aromatic heterocycles. The number of carboxylic acids is 1. The maximum absolute atomic E-state index is 12.6. The van der Waals surface area contributed by atoms with Gasteiger partial charge in [0.1, 0.15) is 6.54 Å². The number of aliphatic carboxylic acids is 1. The first-order chi connectivity index (χ1) is 9.05. The summed E-state index contributed by atoms with van der Waals surface area (Å²) >= 11 is 0. The van der Waals surface area contributed by atoms with Crippen LogP contribution < -0.4 is 5.73 Å². The fourth-order valence-electron chi connectivity index (χ4n) is 2.22. The quantitative estimate of drug-likeness (QED) is 0.636. The van der Waals surface area contributed by atoms with Gasteiger partial charge in [0.25, 0.3) is 0 Å². The number of nitrogens with two attached hydrogens (primary N) is 1. The summed E-state index contributed by atoms with van der Waals surface area (Å²) in [6.45, 7) is 1.39. The van der Waals surface area contributed by atoms with Crippen LogP contribution >= 0.6 is 0 Å². The predicted molar refractivity (Wildman–Crippen MR) is 67.6 cm³/mol. The van der Waals surface area contributed by atoms with Crippen LogP contribution in [0.2, 0.25) is 0 Å². The molecule has 0 aromatic rings. The molecule has 1 rings (SSSR count). The molecule has 0 atom stereocenters. The molecule has 110 valence electrons. The van der Waals surface area contributed by atoms with Gasteiger partial charge < -0.3 is 25.2 Å². The van der Waals surface area contributed by atoms with E-state index < -0.39 is 11.4 Å². The van der Waals surface area contributed by atoms with Crippen LogP contribution in [-0.2, 0) is 19.1 Å². The van der Waals surface area contributed by atoms with Crippen molar-refractivity contribution in [1.29, 1.82) is 0 Å². The number of amides is 1. The first-order valence-electron chi connectivity index (χ1n) is 6.33. The van der Waals surface area contributed by atoms with Crippen molar-refractivity contribution in [1.82, 2.24) is 4.90 Å². The normalized spacial score (nSPS) is 18.0. The van der Waals surface area contributed by atoms with E-state index in [-0.39, 0.29) is 25.5 Å². The van der Waals surface area contributed by atoms with Crippen LogP contribution in [0.15, 0.2) is 0 Å². The third-order valence-electron chi connectivity index (χ3n) is 3.47. The molecule has 7 nitrogen and oxygen atoms in total. The minimum Gasteiger partial charge on any atom is -0.480 e. The summed E-state index contributed by atoms with van der Waals surface area (Å²) < 4.78 is 10.2. The van der Waals surface area contributed by atoms with Crippen LogP contribution in [0.25, 0.3) is 0 Å². The van der Waals surface area contributed by atoms with E-state index in [9.17, 15) is 9.59 Å². The smallest absolute Gasteiger partial charge is 0.323 e. The zero-order chi connectivity index (χ0) is 14.3. The molecule has 1 aliphatic heterocycles. The predicted octanol–water partition coefficient (Wildman–Crippen LogP) is -0.698. The van der Waals surface area contributed by atoms with Crippen molar-refractivity contribution in [2.24, 2.45) is 11.1 Å². The zero-order valence-corrected chi connectivity index (χ0v) is 11.3. The van der Waals surface area contributed by atoms with Gasteiger partial charge in [0.05, 0.1) is 12.0 Å². The summed E-state index contributed by atoms with van der Waals surface area (Å²) in [5.41, 5.74) is 5.06. The molecule has 0 saturated carbocycles. The zero-order valence-electron chi connectivity index (χ0n) is 11.3. The Labute approximate surface area is 112 Å². The van der Waals surface area contributed by atoms with Gasteiger partial charge in [-0.25, -0.2) is 0 Å². The van der Waals surface area contributed by atoms with Gasteiger partial charge in [-0.3, -0.25) is 9.59 Å². The molecule has 1 amide bonds. The Morgan fingerprint density at radius 1 is 1.42 bits per heavy atom. The molecule has 19 heavy (non-hydrogen) atoms. The Hall–Kier alpha value is -1.18. The average molecular weight is 274 g/mol. The number of ether oxygens (including phenoxy) is 2. The fraction of sp³-hybridized carbons (Fsp3) is 0.833. The summed E-state index contributed by atoms with van der Waals surface area (Å²) in [4.78, 5) is 24.7. The molecule has 0 aromatic carbocycles. The van der Waals surface area contributed by atoms with Crippen LogP contribution in [0, 0.1) is 5.41 Å². The third kappa shape index (κ3) is 4.15. The Morgan fingerprint density at radius 2 is 2.05 bits per heavy atom. The number of rotatable bonds is 7. The van der Waals surface area contributed by atoms with Crippen LogP contribution in [0.4, 0.5) is 0 Å². The maximum atomic E-state index is 12.6. The summed E-state index contributed by atoms with van der Waals surface area (Å²) in [6, 6.07) is 0. The SMILES string of the molecule is COCCN(CC(=O)O)C(=O)C1(CN)CCOCC1. The third-order valence-corrected chi connectivity index (χ3v) is 3.47. The van der Waals surface area contributed by atoms with Crippen molar-refractivity contribution in [2.45, 2.75) is 12.8 Å². The lowest BCUT2D eigenvalue weighted by molar-refractivity contribution is -0.153. The second kappa shape index (κ2) is 7.42. The van der Waals surface area contributed by atoms with Crippen LogP contribution in [-0.4, -0.2) is 68.4 Å². The number of methoxy groups -OCH3 is 1. The van der Waals surface area contributed by atoms with Gasteiger partial charge in [-0.1, -0.05) is 0 Å². The van der Waals surface area contributed by atoms with E-state index in [0.29, 0.717) is 32.7 Å². The van der Waals surface area contributed by atoms with Crippen molar-refractivity contribution in [3.05, 3.63) is 0 Å². The second-order valence-electron chi connectivity index (χ2n) is 4.71. The second-order valence-corrected chi connectivity index (χ2v) is 4.71. The van der Waals surface area contributed by atoms with Crippen molar-refractivity contribution < 1.29 is 24.2 Å². The monoisotopic (exact) mass is 274 g/mol. The molecular formula is C12H22N2O5. The Morgan fingerprint density at radius 3 is 2.53 bits per heavy atom. The molecular weight excluding hydrogens is 252 g/mol. The highest BCUT2D eigenvalue weighted by molar-refractivity contribution is 5.86. The van der Waals surface area contributed by atoms with Crippen LogP contribution in [0.5, 0.6) is 0 Å². The van der Waals surface area contributed by atoms with E-state index >= 15 is 0 Å². The summed E-state index contributed by atoms with van der Waals surface area (Å²) in [7, 11) is 1.51. The molecule has 0 aliphatic carbocycles. The van der Waals surface area contributed by atoms with E-state index in [1.54, 1.807) is 0 Å². The standard InChI is InChI=1S/C12H22N2O5/c1-18-7-4-14(8-10(15)16)11(17)12(9-13)2-5-19-6-3-12/h2-9,13H2,1H3,(H,15,16). The van der Waals surface area contributed by atoms with Gasteiger partial charge in [-0.2, -0.15) is 0 Å². The van der Waals surface area contributed by atoms with Crippen molar-refractivity contribution in [3.63, 3.8) is 0 Å². The molecule has 0 unspecified atom stereocenters. The number of carbonyl (C=O) groups excluding carboxylic acids is 1. The number of hydrogen-bond donors (Lipinski definition) is 2. The molecule has 1 saturated heterocycles. The minimum atomic E-state index is -1.04. The highest BCUT2D eigenvalue weighted by atomic mass is 16.5. The minimum absolute atomic E-state index is 0.207. The fourth-order valence-corrected chi connectivity index (χ4v) is 2.22. The Bertz CT molecular complexity index is 315. The number of nitrogens with zero attached hydrogens (tertiary/aromatic N) is 1. The van der Waals surface area contributed by atoms with E-state index in [4.69, 9.17) is 20.3 Å². The Kier molecular flexibility index (Phi) is 6.20. The molecule has 1 aliphatic rings. The largest absolute Gasteiger partial charge is 0.480 e. The van der Waals surface area contributed by atoms with E-state index in [1.165, 1.54) is 12.0 Å². The van der Waals surface area contributed by atoms with Gasteiger partial charge in [0.2, 0.25) is 5.91 Å². The molecule has 1 heterocycles. The van der Waals surface area contributed by atoms with Crippen molar-refractivity contribution >= 4 is 11.9 Å². The lowest BCUT2D eigenvalue weighted by Crippen LogP contribution is -2.52. The summed E-state index contributed by atoms with van der Waals surface area (Å²) in [6.07, 6.45) is 1.07.